The number of piperidine rings is 1. The van der Waals surface area contributed by atoms with Gasteiger partial charge < -0.3 is 10.8 Å². The second kappa shape index (κ2) is 9.43. The quantitative estimate of drug-likeness (QED) is 0.671. The molecule has 1 atom stereocenters. The second-order valence-corrected chi connectivity index (χ2v) is 10.3. The van der Waals surface area contributed by atoms with Crippen molar-refractivity contribution in [1.29, 1.82) is 5.26 Å². The summed E-state index contributed by atoms with van der Waals surface area (Å²) < 4.78 is 48.2. The molecule has 3 heterocycles. The molecule has 2 aromatic rings. The number of hydrogen-bond acceptors (Lipinski definition) is 7. The maximum atomic E-state index is 12.0. The van der Waals surface area contributed by atoms with Crippen LogP contribution in [0.1, 0.15) is 56.7 Å². The van der Waals surface area contributed by atoms with Gasteiger partial charge in [-0.2, -0.15) is 18.3 Å². The van der Waals surface area contributed by atoms with Gasteiger partial charge in [-0.1, -0.05) is 24.9 Å². The van der Waals surface area contributed by atoms with Gasteiger partial charge in [0.05, 0.1) is 28.6 Å². The lowest BCUT2D eigenvalue weighted by Gasteiger charge is -2.41. The molecule has 1 aliphatic carbocycles. The number of aliphatic hydroxyl groups is 1. The van der Waals surface area contributed by atoms with Crippen LogP contribution in [0.3, 0.4) is 0 Å². The Kier molecular flexibility index (Phi) is 7.24. The fraction of sp³-hybridized carbons (Fsp3) is 0.632. The number of hydrogen-bond donors (Lipinski definition) is 2. The van der Waals surface area contributed by atoms with Crippen molar-refractivity contribution in [3.05, 3.63) is 22.5 Å². The third-order valence-electron chi connectivity index (χ3n) is 6.19. The summed E-state index contributed by atoms with van der Waals surface area (Å²) in [4.78, 5) is 3.96. The van der Waals surface area contributed by atoms with E-state index in [9.17, 15) is 22.5 Å². The fourth-order valence-electron chi connectivity index (χ4n) is 4.24. The van der Waals surface area contributed by atoms with Crippen molar-refractivity contribution in [3.63, 3.8) is 0 Å². The number of nitrogen functional groups attached to an aromatic ring is 1. The summed E-state index contributed by atoms with van der Waals surface area (Å²) in [6.07, 6.45) is 5.91. The third kappa shape index (κ3) is 4.39. The summed E-state index contributed by atoms with van der Waals surface area (Å²) in [5, 5.41) is 23.2. The average Bonchev–Trinajstić information content (AvgIpc) is 2.99. The number of rotatable bonds is 4. The first-order valence-corrected chi connectivity index (χ1v) is 12.1. The zero-order valence-electron chi connectivity index (χ0n) is 17.5. The van der Waals surface area contributed by atoms with Crippen LogP contribution >= 0.6 is 11.6 Å². The van der Waals surface area contributed by atoms with Gasteiger partial charge in [0.15, 0.2) is 0 Å². The molecule has 176 valence electrons. The van der Waals surface area contributed by atoms with Gasteiger partial charge in [-0.25, -0.2) is 17.9 Å². The Morgan fingerprint density at radius 3 is 2.62 bits per heavy atom. The number of β-amino-alcohol motifs (C(OH)–C–C–N with tert-alkyl or cyclic N) is 1. The molecular weight excluding hydrogens is 466 g/mol. The summed E-state index contributed by atoms with van der Waals surface area (Å²) in [5.74, 6) is -3.20. The van der Waals surface area contributed by atoms with Gasteiger partial charge in [-0.15, -0.1) is 5.10 Å². The van der Waals surface area contributed by atoms with E-state index in [2.05, 4.69) is 23.1 Å². The van der Waals surface area contributed by atoms with Gasteiger partial charge in [0.2, 0.25) is 5.95 Å². The zero-order valence-corrected chi connectivity index (χ0v) is 19.1. The molecule has 13 heteroatoms. The van der Waals surface area contributed by atoms with Crippen molar-refractivity contribution in [2.45, 2.75) is 62.7 Å². The van der Waals surface area contributed by atoms with Crippen molar-refractivity contribution >= 4 is 33.1 Å². The Morgan fingerprint density at radius 1 is 1.44 bits per heavy atom. The molecule has 32 heavy (non-hydrogen) atoms. The third-order valence-corrected chi connectivity index (χ3v) is 8.07. The molecule has 0 bridgehead atoms. The predicted molar refractivity (Wildman–Crippen MR) is 115 cm³/mol. The number of nitrogens with zero attached hydrogens (tertiary/aromatic N) is 5. The van der Waals surface area contributed by atoms with Crippen molar-refractivity contribution in [2.24, 2.45) is 0 Å². The minimum Gasteiger partial charge on any atom is -0.392 e. The Bertz CT molecular complexity index is 1120. The van der Waals surface area contributed by atoms with Crippen LogP contribution in [0.5, 0.6) is 0 Å². The molecule has 0 radical (unpaired) electrons. The van der Waals surface area contributed by atoms with E-state index < -0.39 is 21.9 Å². The summed E-state index contributed by atoms with van der Waals surface area (Å²) in [7, 11) is -4.49. The molecule has 0 amide bonds. The monoisotopic (exact) mass is 490 g/mol. The summed E-state index contributed by atoms with van der Waals surface area (Å²) in [6.45, 7) is 1.99. The SMILES string of the molecule is CCC1(c2c(C#N)c(Cl)c3cnc(N)nn23)CCC1.O=S(=O)(C(F)F)N1CCCC(O)C1. The van der Waals surface area contributed by atoms with Crippen LogP contribution in [0.4, 0.5) is 14.7 Å². The molecule has 2 fully saturated rings. The minimum absolute atomic E-state index is 0.00190. The van der Waals surface area contributed by atoms with Crippen LogP contribution in [0.2, 0.25) is 5.02 Å². The van der Waals surface area contributed by atoms with Crippen molar-refractivity contribution < 1.29 is 22.3 Å². The molecule has 9 nitrogen and oxygen atoms in total. The van der Waals surface area contributed by atoms with E-state index in [1.54, 1.807) is 10.7 Å². The number of aliphatic hydroxyl groups excluding tert-OH is 1. The number of sulfonamides is 1. The molecule has 2 aliphatic rings. The lowest BCUT2D eigenvalue weighted by atomic mass is 9.64. The molecule has 1 aliphatic heterocycles. The minimum atomic E-state index is -4.49. The number of halogens is 3. The van der Waals surface area contributed by atoms with Crippen LogP contribution in [0.15, 0.2) is 6.20 Å². The summed E-state index contributed by atoms with van der Waals surface area (Å²) in [6, 6.07) is 2.22. The Balaban J connectivity index is 0.000000195. The summed E-state index contributed by atoms with van der Waals surface area (Å²) in [5.41, 5.74) is 7.74. The Labute approximate surface area is 189 Å². The lowest BCUT2D eigenvalue weighted by Crippen LogP contribution is -2.44. The van der Waals surface area contributed by atoms with Gasteiger partial charge in [0.25, 0.3) is 10.0 Å². The van der Waals surface area contributed by atoms with E-state index in [0.717, 1.165) is 25.0 Å². The second-order valence-electron chi connectivity index (χ2n) is 8.01. The number of aromatic nitrogens is 3. The number of nitriles is 1. The average molecular weight is 491 g/mol. The van der Waals surface area contributed by atoms with Gasteiger partial charge in [0.1, 0.15) is 11.6 Å². The highest BCUT2D eigenvalue weighted by molar-refractivity contribution is 7.89. The van der Waals surface area contributed by atoms with Gasteiger partial charge in [-0.05, 0) is 32.1 Å². The van der Waals surface area contributed by atoms with Crippen LogP contribution in [-0.2, 0) is 15.4 Å². The van der Waals surface area contributed by atoms with E-state index in [0.29, 0.717) is 33.2 Å². The zero-order chi connectivity index (χ0) is 23.7. The largest absolute Gasteiger partial charge is 0.392 e. The molecule has 0 aromatic carbocycles. The first-order chi connectivity index (χ1) is 15.1. The number of nitrogens with two attached hydrogens (primary N) is 1. The van der Waals surface area contributed by atoms with Crippen molar-refractivity contribution in [2.75, 3.05) is 18.8 Å². The molecule has 0 spiro atoms. The van der Waals surface area contributed by atoms with E-state index in [4.69, 9.17) is 22.4 Å². The fourth-order valence-corrected chi connectivity index (χ4v) is 5.49. The van der Waals surface area contributed by atoms with Gasteiger partial charge in [0, 0.05) is 18.5 Å². The standard InChI is InChI=1S/C13H14ClN5.C6H11F2NO3S/c1-2-13(4-3-5-13)11-8(6-15)10(14)9-7-17-12(16)18-19(9)11;7-6(8)13(11,12)9-3-1-2-5(10)4-9/h7H,2-5H2,1H3,(H2,16,18);5-6,10H,1-4H2. The maximum absolute atomic E-state index is 12.0. The van der Waals surface area contributed by atoms with E-state index >= 15 is 0 Å². The van der Waals surface area contributed by atoms with Crippen LogP contribution < -0.4 is 5.73 Å². The highest BCUT2D eigenvalue weighted by atomic mass is 35.5. The summed E-state index contributed by atoms with van der Waals surface area (Å²) >= 11 is 6.29. The number of alkyl halides is 2. The normalized spacial score (nSPS) is 21.0. The van der Waals surface area contributed by atoms with E-state index in [-0.39, 0.29) is 24.5 Å². The van der Waals surface area contributed by atoms with E-state index in [1.807, 2.05) is 0 Å². The van der Waals surface area contributed by atoms with Gasteiger partial charge >= 0.3 is 5.76 Å². The predicted octanol–water partition coefficient (Wildman–Crippen LogP) is 2.66. The van der Waals surface area contributed by atoms with Gasteiger partial charge in [-0.3, -0.25) is 0 Å². The molecule has 4 rings (SSSR count). The highest BCUT2D eigenvalue weighted by Crippen LogP contribution is 2.49. The van der Waals surface area contributed by atoms with Crippen molar-refractivity contribution in [1.82, 2.24) is 18.9 Å². The van der Waals surface area contributed by atoms with E-state index in [1.165, 1.54) is 6.42 Å². The van der Waals surface area contributed by atoms with Crippen LogP contribution in [0.25, 0.3) is 5.52 Å². The first-order valence-electron chi connectivity index (χ1n) is 10.3. The maximum Gasteiger partial charge on any atom is 0.350 e. The molecule has 1 saturated heterocycles. The topological polar surface area (TPSA) is 138 Å². The number of fused-ring (bicyclic) bond motifs is 1. The van der Waals surface area contributed by atoms with Crippen LogP contribution in [0, 0.1) is 11.3 Å². The van der Waals surface area contributed by atoms with Crippen molar-refractivity contribution in [3.8, 4) is 6.07 Å². The lowest BCUT2D eigenvalue weighted by molar-refractivity contribution is 0.103. The Hall–Kier alpha value is -2.07. The molecule has 1 unspecified atom stereocenters. The molecule has 3 N–H and O–H groups in total. The molecule has 2 aromatic heterocycles. The first kappa shape index (κ1) is 24.6. The number of anilines is 1. The molecule has 1 saturated carbocycles. The molecular formula is C19H25ClF2N6O3S. The highest BCUT2D eigenvalue weighted by Gasteiger charge is 2.42. The van der Waals surface area contributed by atoms with Crippen LogP contribution in [-0.4, -0.2) is 57.4 Å². The Morgan fingerprint density at radius 2 is 2.12 bits per heavy atom. The smallest absolute Gasteiger partial charge is 0.350 e.